The molecule has 110 valence electrons. The molecule has 1 aliphatic heterocycles. The summed E-state index contributed by atoms with van der Waals surface area (Å²) in [6, 6.07) is 0.213. The maximum absolute atomic E-state index is 12.0. The van der Waals surface area contributed by atoms with Gasteiger partial charge >= 0.3 is 0 Å². The third-order valence-corrected chi connectivity index (χ3v) is 3.65. The Morgan fingerprint density at radius 2 is 2.00 bits per heavy atom. The van der Waals surface area contributed by atoms with E-state index in [0.717, 1.165) is 43.1 Å². The van der Waals surface area contributed by atoms with Crippen molar-refractivity contribution in [2.24, 2.45) is 5.92 Å². The van der Waals surface area contributed by atoms with Crippen LogP contribution >= 0.6 is 0 Å². The van der Waals surface area contributed by atoms with Crippen LogP contribution in [0.25, 0.3) is 0 Å². The van der Waals surface area contributed by atoms with Crippen LogP contribution in [0.2, 0.25) is 0 Å². The molecular weight excluding hydrogens is 252 g/mol. The van der Waals surface area contributed by atoms with Crippen LogP contribution in [0, 0.1) is 19.8 Å². The number of hydrogen-bond donors (Lipinski definition) is 1. The van der Waals surface area contributed by atoms with Gasteiger partial charge in [-0.1, -0.05) is 0 Å². The lowest BCUT2D eigenvalue weighted by molar-refractivity contribution is -0.126. The van der Waals surface area contributed by atoms with Crippen LogP contribution in [0.4, 0.5) is 5.82 Å². The van der Waals surface area contributed by atoms with E-state index in [1.807, 2.05) is 27.7 Å². The molecule has 20 heavy (non-hydrogen) atoms. The van der Waals surface area contributed by atoms with Gasteiger partial charge in [0.05, 0.1) is 11.4 Å². The molecule has 0 aliphatic carbocycles. The van der Waals surface area contributed by atoms with Gasteiger partial charge in [-0.3, -0.25) is 9.78 Å². The number of amides is 1. The molecule has 2 heterocycles. The average molecular weight is 276 g/mol. The standard InChI is InChI=1S/C15H24N4O/c1-10(2)17-15(20)13-5-7-19(8-6-13)14-12(4)16-9-11(3)18-14/h9-10,13H,5-8H2,1-4H3,(H,17,20). The van der Waals surface area contributed by atoms with Crippen molar-refractivity contribution >= 4 is 11.7 Å². The zero-order valence-electron chi connectivity index (χ0n) is 12.8. The van der Waals surface area contributed by atoms with Crippen LogP contribution in [0.1, 0.15) is 38.1 Å². The molecule has 0 saturated carbocycles. The van der Waals surface area contributed by atoms with Crippen LogP contribution in [0.15, 0.2) is 6.20 Å². The molecule has 0 spiro atoms. The van der Waals surface area contributed by atoms with Crippen molar-refractivity contribution in [1.29, 1.82) is 0 Å². The lowest BCUT2D eigenvalue weighted by Gasteiger charge is -2.33. The first-order chi connectivity index (χ1) is 9.47. The summed E-state index contributed by atoms with van der Waals surface area (Å²) < 4.78 is 0. The lowest BCUT2D eigenvalue weighted by atomic mass is 9.95. The normalized spacial score (nSPS) is 16.6. The number of aryl methyl sites for hydroxylation is 2. The highest BCUT2D eigenvalue weighted by molar-refractivity contribution is 5.79. The summed E-state index contributed by atoms with van der Waals surface area (Å²) in [5, 5.41) is 3.00. The molecule has 0 unspecified atom stereocenters. The molecule has 1 aliphatic rings. The monoisotopic (exact) mass is 276 g/mol. The largest absolute Gasteiger partial charge is 0.355 e. The molecule has 1 aromatic rings. The third-order valence-electron chi connectivity index (χ3n) is 3.65. The molecule has 0 radical (unpaired) electrons. The number of rotatable bonds is 3. The van der Waals surface area contributed by atoms with Crippen molar-refractivity contribution in [2.45, 2.75) is 46.6 Å². The highest BCUT2D eigenvalue weighted by Gasteiger charge is 2.26. The van der Waals surface area contributed by atoms with E-state index in [4.69, 9.17) is 0 Å². The number of anilines is 1. The van der Waals surface area contributed by atoms with Crippen LogP contribution < -0.4 is 10.2 Å². The maximum Gasteiger partial charge on any atom is 0.223 e. The Balaban J connectivity index is 1.97. The van der Waals surface area contributed by atoms with E-state index in [1.54, 1.807) is 6.20 Å². The zero-order valence-corrected chi connectivity index (χ0v) is 12.8. The number of piperidine rings is 1. The summed E-state index contributed by atoms with van der Waals surface area (Å²) in [5.74, 6) is 1.28. The van der Waals surface area contributed by atoms with Gasteiger partial charge in [-0.15, -0.1) is 0 Å². The van der Waals surface area contributed by atoms with Crippen molar-refractivity contribution in [3.05, 3.63) is 17.6 Å². The number of nitrogens with one attached hydrogen (secondary N) is 1. The van der Waals surface area contributed by atoms with Crippen LogP contribution in [-0.4, -0.2) is 35.0 Å². The van der Waals surface area contributed by atoms with Crippen molar-refractivity contribution < 1.29 is 4.79 Å². The number of nitrogens with zero attached hydrogens (tertiary/aromatic N) is 3. The predicted molar refractivity (Wildman–Crippen MR) is 79.7 cm³/mol. The predicted octanol–water partition coefficient (Wildman–Crippen LogP) is 1.83. The smallest absolute Gasteiger partial charge is 0.223 e. The Kier molecular flexibility index (Phi) is 4.57. The fraction of sp³-hybridized carbons (Fsp3) is 0.667. The highest BCUT2D eigenvalue weighted by Crippen LogP contribution is 2.23. The topological polar surface area (TPSA) is 58.1 Å². The van der Waals surface area contributed by atoms with E-state index < -0.39 is 0 Å². The molecule has 1 fully saturated rings. The molecule has 5 heteroatoms. The molecule has 1 saturated heterocycles. The maximum atomic E-state index is 12.0. The van der Waals surface area contributed by atoms with E-state index >= 15 is 0 Å². The van der Waals surface area contributed by atoms with E-state index in [1.165, 1.54) is 0 Å². The van der Waals surface area contributed by atoms with Crippen molar-refractivity contribution in [3.8, 4) is 0 Å². The quantitative estimate of drug-likeness (QED) is 0.915. The first-order valence-corrected chi connectivity index (χ1v) is 7.33. The molecule has 0 atom stereocenters. The number of carbonyl (C=O) groups is 1. The van der Waals surface area contributed by atoms with Gasteiger partial charge in [0, 0.05) is 31.2 Å². The molecule has 5 nitrogen and oxygen atoms in total. The second-order valence-electron chi connectivity index (χ2n) is 5.85. The fourth-order valence-electron chi connectivity index (χ4n) is 2.58. The molecular formula is C15H24N4O. The second kappa shape index (κ2) is 6.20. The molecule has 0 aromatic carbocycles. The summed E-state index contributed by atoms with van der Waals surface area (Å²) in [4.78, 5) is 23.2. The van der Waals surface area contributed by atoms with Gasteiger partial charge in [-0.25, -0.2) is 4.98 Å². The highest BCUT2D eigenvalue weighted by atomic mass is 16.1. The lowest BCUT2D eigenvalue weighted by Crippen LogP contribution is -2.43. The first-order valence-electron chi connectivity index (χ1n) is 7.33. The summed E-state index contributed by atoms with van der Waals surface area (Å²) in [7, 11) is 0. The summed E-state index contributed by atoms with van der Waals surface area (Å²) in [6.45, 7) is 9.68. The van der Waals surface area contributed by atoms with E-state index in [2.05, 4.69) is 20.2 Å². The third kappa shape index (κ3) is 3.46. The van der Waals surface area contributed by atoms with Crippen LogP contribution in [0.5, 0.6) is 0 Å². The minimum Gasteiger partial charge on any atom is -0.355 e. The van der Waals surface area contributed by atoms with E-state index in [9.17, 15) is 4.79 Å². The minimum absolute atomic E-state index is 0.131. The van der Waals surface area contributed by atoms with E-state index in [-0.39, 0.29) is 17.9 Å². The molecule has 2 rings (SSSR count). The van der Waals surface area contributed by atoms with Gasteiger partial charge in [0.1, 0.15) is 5.82 Å². The Morgan fingerprint density at radius 1 is 1.35 bits per heavy atom. The Bertz CT molecular complexity index is 479. The zero-order chi connectivity index (χ0) is 14.7. The van der Waals surface area contributed by atoms with Gasteiger partial charge in [0.15, 0.2) is 0 Å². The molecule has 1 aromatic heterocycles. The summed E-state index contributed by atoms with van der Waals surface area (Å²) >= 11 is 0. The van der Waals surface area contributed by atoms with Crippen LogP contribution in [-0.2, 0) is 4.79 Å². The van der Waals surface area contributed by atoms with Crippen LogP contribution in [0.3, 0.4) is 0 Å². The van der Waals surface area contributed by atoms with Gasteiger partial charge in [-0.2, -0.15) is 0 Å². The summed E-state index contributed by atoms with van der Waals surface area (Å²) in [5.41, 5.74) is 1.89. The van der Waals surface area contributed by atoms with Gasteiger partial charge in [0.2, 0.25) is 5.91 Å². The van der Waals surface area contributed by atoms with Gasteiger partial charge < -0.3 is 10.2 Å². The van der Waals surface area contributed by atoms with Crippen molar-refractivity contribution in [2.75, 3.05) is 18.0 Å². The Morgan fingerprint density at radius 3 is 2.60 bits per heavy atom. The number of carbonyl (C=O) groups excluding carboxylic acids is 1. The SMILES string of the molecule is Cc1cnc(C)c(N2CCC(C(=O)NC(C)C)CC2)n1. The van der Waals surface area contributed by atoms with E-state index in [0.29, 0.717) is 0 Å². The Hall–Kier alpha value is -1.65. The first kappa shape index (κ1) is 14.8. The number of aromatic nitrogens is 2. The average Bonchev–Trinajstić information content (AvgIpc) is 2.41. The second-order valence-corrected chi connectivity index (χ2v) is 5.85. The summed E-state index contributed by atoms with van der Waals surface area (Å²) in [6.07, 6.45) is 3.56. The minimum atomic E-state index is 0.131. The number of hydrogen-bond acceptors (Lipinski definition) is 4. The van der Waals surface area contributed by atoms with Gasteiger partial charge in [-0.05, 0) is 40.5 Å². The fourth-order valence-corrected chi connectivity index (χ4v) is 2.58. The molecule has 1 N–H and O–H groups in total. The molecule has 1 amide bonds. The van der Waals surface area contributed by atoms with Crippen molar-refractivity contribution in [3.63, 3.8) is 0 Å². The van der Waals surface area contributed by atoms with Crippen molar-refractivity contribution in [1.82, 2.24) is 15.3 Å². The molecule has 0 bridgehead atoms. The Labute approximate surface area is 120 Å². The van der Waals surface area contributed by atoms with Gasteiger partial charge in [0.25, 0.3) is 0 Å².